The fourth-order valence-corrected chi connectivity index (χ4v) is 17.2. The minimum absolute atomic E-state index is 1.12. The summed E-state index contributed by atoms with van der Waals surface area (Å²) in [7, 11) is -3.10. The molecule has 0 aliphatic heterocycles. The van der Waals surface area contributed by atoms with Crippen LogP contribution in [-0.4, -0.2) is 17.2 Å². The van der Waals surface area contributed by atoms with E-state index in [0.29, 0.717) is 0 Å². The molecule has 75 heavy (non-hydrogen) atoms. The molecule has 0 aliphatic carbocycles. The second-order valence-electron chi connectivity index (χ2n) is 19.5. The zero-order chi connectivity index (χ0) is 49.7. The van der Waals surface area contributed by atoms with Gasteiger partial charge in [-0.05, 0) is 103 Å². The summed E-state index contributed by atoms with van der Waals surface area (Å²) in [5.41, 5.74) is 16.4. The monoisotopic (exact) mass is 970 g/mol. The smallest absolute Gasteiger partial charge is 0.180 e. The summed E-state index contributed by atoms with van der Waals surface area (Å²) in [6.45, 7) is 0. The molecule has 2 heterocycles. The zero-order valence-electron chi connectivity index (χ0n) is 41.3. The summed E-state index contributed by atoms with van der Waals surface area (Å²) in [6.07, 6.45) is 0. The summed E-state index contributed by atoms with van der Waals surface area (Å²) in [5.74, 6) is 0. The molecule has 14 rings (SSSR count). The van der Waals surface area contributed by atoms with Crippen LogP contribution < -0.4 is 20.7 Å². The van der Waals surface area contributed by atoms with E-state index < -0.39 is 8.07 Å². The van der Waals surface area contributed by atoms with Gasteiger partial charge in [-0.2, -0.15) is 0 Å². The van der Waals surface area contributed by atoms with Gasteiger partial charge in [0, 0.05) is 38.4 Å². The Morgan fingerprint density at radius 3 is 1.31 bits per heavy atom. The van der Waals surface area contributed by atoms with Gasteiger partial charge in [0.1, 0.15) is 0 Å². The van der Waals surface area contributed by atoms with Crippen molar-refractivity contribution in [2.75, 3.05) is 0 Å². The van der Waals surface area contributed by atoms with Gasteiger partial charge < -0.3 is 9.13 Å². The van der Waals surface area contributed by atoms with Gasteiger partial charge in [-0.3, -0.25) is 0 Å². The van der Waals surface area contributed by atoms with Crippen molar-refractivity contribution in [3.63, 3.8) is 0 Å². The average molecular weight is 971 g/mol. The Bertz CT molecular complexity index is 4280. The van der Waals surface area contributed by atoms with Crippen LogP contribution in [0.15, 0.2) is 303 Å². The first-order valence-electron chi connectivity index (χ1n) is 25.9. The van der Waals surface area contributed by atoms with Crippen LogP contribution in [0.1, 0.15) is 0 Å². The van der Waals surface area contributed by atoms with Gasteiger partial charge in [0.15, 0.2) is 8.07 Å². The lowest BCUT2D eigenvalue weighted by molar-refractivity contribution is 1.17. The van der Waals surface area contributed by atoms with E-state index >= 15 is 0 Å². The van der Waals surface area contributed by atoms with Crippen molar-refractivity contribution in [3.05, 3.63) is 303 Å². The maximum Gasteiger partial charge on any atom is 0.180 e. The van der Waals surface area contributed by atoms with E-state index in [-0.39, 0.29) is 0 Å². The molecule has 0 N–H and O–H groups in total. The lowest BCUT2D eigenvalue weighted by atomic mass is 9.93. The molecule has 12 aromatic carbocycles. The Kier molecular flexibility index (Phi) is 10.9. The third-order valence-electron chi connectivity index (χ3n) is 15.5. The summed E-state index contributed by atoms with van der Waals surface area (Å²) in [4.78, 5) is 0. The number of benzene rings is 12. The van der Waals surface area contributed by atoms with Crippen molar-refractivity contribution in [1.82, 2.24) is 9.13 Å². The van der Waals surface area contributed by atoms with Crippen LogP contribution in [0.25, 0.3) is 99.5 Å². The maximum atomic E-state index is 2.60. The van der Waals surface area contributed by atoms with E-state index in [1.807, 2.05) is 0 Å². The number of hydrogen-bond acceptors (Lipinski definition) is 0. The Hall–Kier alpha value is -9.54. The zero-order valence-corrected chi connectivity index (χ0v) is 42.3. The summed E-state index contributed by atoms with van der Waals surface area (Å²) < 4.78 is 5.09. The highest BCUT2D eigenvalue weighted by Gasteiger charge is 2.43. The molecule has 0 aliphatic rings. The van der Waals surface area contributed by atoms with Crippen molar-refractivity contribution in [3.8, 4) is 55.9 Å². The first kappa shape index (κ1) is 44.2. The van der Waals surface area contributed by atoms with E-state index in [0.717, 1.165) is 39.1 Å². The van der Waals surface area contributed by atoms with Gasteiger partial charge in [0.2, 0.25) is 0 Å². The van der Waals surface area contributed by atoms with Crippen LogP contribution in [0, 0.1) is 0 Å². The van der Waals surface area contributed by atoms with Crippen LogP contribution in [0.3, 0.4) is 0 Å². The number of nitrogens with zero attached hydrogens (tertiary/aromatic N) is 2. The third-order valence-corrected chi connectivity index (χ3v) is 20.3. The molecular weight excluding hydrogens is 921 g/mol. The predicted octanol–water partition coefficient (Wildman–Crippen LogP) is 15.9. The maximum absolute atomic E-state index is 3.10. The lowest BCUT2D eigenvalue weighted by Gasteiger charge is -2.35. The molecule has 0 saturated carbocycles. The quantitative estimate of drug-likeness (QED) is 0.0955. The van der Waals surface area contributed by atoms with Gasteiger partial charge in [0.05, 0.1) is 27.8 Å². The fraction of sp³-hybridized carbons (Fsp3) is 0. The van der Waals surface area contributed by atoms with Crippen molar-refractivity contribution in [2.24, 2.45) is 0 Å². The summed E-state index contributed by atoms with van der Waals surface area (Å²) >= 11 is 0. The molecule has 2 nitrogen and oxygen atoms in total. The molecule has 2 aromatic heterocycles. The molecule has 352 valence electrons. The van der Waals surface area contributed by atoms with Crippen LogP contribution >= 0.6 is 0 Å². The van der Waals surface area contributed by atoms with Crippen molar-refractivity contribution < 1.29 is 0 Å². The SMILES string of the molecule is c1ccc(-c2cccc(-c3cccc(-c4ccccc4)c3-n3c4ccc(-n5c6ccccc6c6cc(-c7ccccc7)ccc65)cc4c4c([Si](c5ccccc5)(c5ccccc5)c5ccccc5)cccc43)c2)cc1. The fourth-order valence-electron chi connectivity index (χ4n) is 12.2. The van der Waals surface area contributed by atoms with Crippen LogP contribution in [0.4, 0.5) is 0 Å². The van der Waals surface area contributed by atoms with Gasteiger partial charge in [-0.25, -0.2) is 0 Å². The highest BCUT2D eigenvalue weighted by molar-refractivity contribution is 7.20. The molecule has 0 fully saturated rings. The number of rotatable bonds is 10. The van der Waals surface area contributed by atoms with Gasteiger partial charge in [-0.15, -0.1) is 0 Å². The largest absolute Gasteiger partial charge is 0.309 e. The molecule has 0 bridgehead atoms. The van der Waals surface area contributed by atoms with Gasteiger partial charge in [0.25, 0.3) is 0 Å². The minimum atomic E-state index is -3.10. The van der Waals surface area contributed by atoms with Crippen molar-refractivity contribution in [1.29, 1.82) is 0 Å². The van der Waals surface area contributed by atoms with Gasteiger partial charge in [-0.1, -0.05) is 255 Å². The Balaban J connectivity index is 1.14. The average Bonchev–Trinajstić information content (AvgIpc) is 4.03. The van der Waals surface area contributed by atoms with Crippen molar-refractivity contribution in [2.45, 2.75) is 0 Å². The predicted molar refractivity (Wildman–Crippen MR) is 320 cm³/mol. The van der Waals surface area contributed by atoms with E-state index in [9.17, 15) is 0 Å². The molecule has 14 aromatic rings. The second kappa shape index (κ2) is 18.5. The first-order chi connectivity index (χ1) is 37.2. The molecule has 0 amide bonds. The normalized spacial score (nSPS) is 11.7. The number of aromatic nitrogens is 2. The summed E-state index contributed by atoms with van der Waals surface area (Å²) in [6, 6.07) is 113. The first-order valence-corrected chi connectivity index (χ1v) is 27.9. The highest BCUT2D eigenvalue weighted by atomic mass is 28.3. The van der Waals surface area contributed by atoms with Crippen molar-refractivity contribution >= 4 is 72.4 Å². The van der Waals surface area contributed by atoms with Crippen LogP contribution in [0.2, 0.25) is 0 Å². The van der Waals surface area contributed by atoms with Crippen LogP contribution in [-0.2, 0) is 0 Å². The van der Waals surface area contributed by atoms with E-state index in [1.54, 1.807) is 0 Å². The van der Waals surface area contributed by atoms with E-state index in [2.05, 4.69) is 312 Å². The van der Waals surface area contributed by atoms with Gasteiger partial charge >= 0.3 is 0 Å². The van der Waals surface area contributed by atoms with E-state index in [4.69, 9.17) is 0 Å². The Morgan fingerprint density at radius 2 is 0.680 bits per heavy atom. The Labute approximate surface area is 438 Å². The van der Waals surface area contributed by atoms with E-state index in [1.165, 1.54) is 81.1 Å². The second-order valence-corrected chi connectivity index (χ2v) is 23.3. The highest BCUT2D eigenvalue weighted by Crippen LogP contribution is 2.44. The molecule has 3 heteroatoms. The number of hydrogen-bond donors (Lipinski definition) is 0. The molecule has 0 saturated heterocycles. The molecular formula is C72H50N2Si. The standard InChI is InChI=1S/C72H50N2Si/c1-7-24-51(25-8-1)54-30-21-31-56(48-54)62-40-22-39-61(53-28-11-3-12-29-53)72(62)74-68-47-45-57(73-66-41-20-19-38-63(66)64-49-55(44-46-67(64)73)52-26-9-2-10-27-52)50-65(68)71-69(74)42-23-43-70(71)75(58-32-13-4-14-33-58,59-34-15-5-16-35-59)60-36-17-6-18-37-60/h1-50H. The molecule has 0 spiro atoms. The Morgan fingerprint density at radius 1 is 0.240 bits per heavy atom. The van der Waals surface area contributed by atoms with Crippen LogP contribution in [0.5, 0.6) is 0 Å². The third kappa shape index (κ3) is 7.31. The summed E-state index contributed by atoms with van der Waals surface area (Å²) in [5, 5.41) is 10.3. The topological polar surface area (TPSA) is 9.86 Å². The number of para-hydroxylation sites is 2. The minimum Gasteiger partial charge on any atom is -0.309 e. The molecule has 0 unspecified atom stereocenters. The number of fused-ring (bicyclic) bond motifs is 6. The molecule has 0 radical (unpaired) electrons. The lowest BCUT2D eigenvalue weighted by Crippen LogP contribution is -2.74. The molecule has 0 atom stereocenters.